The van der Waals surface area contributed by atoms with Gasteiger partial charge in [0.2, 0.25) is 0 Å². The molecule has 2 aromatic carbocycles. The average molecular weight is 391 g/mol. The molecule has 0 N–H and O–H groups in total. The van der Waals surface area contributed by atoms with Crippen molar-refractivity contribution in [2.75, 3.05) is 0 Å². The van der Waals surface area contributed by atoms with Crippen LogP contribution in [0.5, 0.6) is 11.5 Å². The first-order valence-corrected chi connectivity index (χ1v) is 11.5. The number of ether oxygens (including phenoxy) is 1. The van der Waals surface area contributed by atoms with Crippen molar-refractivity contribution in [1.29, 1.82) is 0 Å². The summed E-state index contributed by atoms with van der Waals surface area (Å²) in [5.41, 5.74) is 2.28. The molecule has 0 aliphatic heterocycles. The maximum atomic E-state index is 6.33. The third-order valence-electron chi connectivity index (χ3n) is 5.10. The Kier molecular flexibility index (Phi) is 11.6. The van der Waals surface area contributed by atoms with Gasteiger partial charge in [-0.25, -0.2) is 0 Å². The van der Waals surface area contributed by atoms with Gasteiger partial charge < -0.3 is 4.74 Å². The van der Waals surface area contributed by atoms with Gasteiger partial charge in [-0.2, -0.15) is 0 Å². The number of benzene rings is 2. The maximum absolute atomic E-state index is 6.33. The van der Waals surface area contributed by atoms with Gasteiger partial charge in [-0.05, 0) is 37.8 Å². The fraction of sp³-hybridized carbons (Fsp3) is 0.429. The molecule has 156 valence electrons. The number of unbranched alkanes of at least 4 members (excludes halogenated alkanes) is 8. The van der Waals surface area contributed by atoms with Gasteiger partial charge in [0.25, 0.3) is 0 Å². The highest BCUT2D eigenvalue weighted by Crippen LogP contribution is 2.30. The van der Waals surface area contributed by atoms with E-state index >= 15 is 0 Å². The normalized spacial score (nSPS) is 11.5. The van der Waals surface area contributed by atoms with E-state index in [0.717, 1.165) is 35.5 Å². The van der Waals surface area contributed by atoms with Crippen molar-refractivity contribution >= 4 is 12.2 Å². The van der Waals surface area contributed by atoms with Gasteiger partial charge in [-0.3, -0.25) is 0 Å². The first kappa shape index (κ1) is 23.0. The Balaban J connectivity index is 1.99. The van der Waals surface area contributed by atoms with Crippen LogP contribution >= 0.6 is 0 Å². The molecule has 0 aromatic heterocycles. The first-order chi connectivity index (χ1) is 14.3. The molecular weight excluding hydrogens is 352 g/mol. The molecule has 0 aliphatic rings. The second-order valence-electron chi connectivity index (χ2n) is 7.68. The lowest BCUT2D eigenvalue weighted by atomic mass is 10.1. The zero-order chi connectivity index (χ0) is 20.6. The van der Waals surface area contributed by atoms with Crippen molar-refractivity contribution in [2.24, 2.45) is 0 Å². The Labute approximate surface area is 178 Å². The predicted octanol–water partition coefficient (Wildman–Crippen LogP) is 9.45. The van der Waals surface area contributed by atoms with Crippen LogP contribution in [-0.4, -0.2) is 0 Å². The van der Waals surface area contributed by atoms with Gasteiger partial charge in [0, 0.05) is 11.1 Å². The summed E-state index contributed by atoms with van der Waals surface area (Å²) in [6, 6.07) is 16.6. The molecule has 0 bridgehead atoms. The van der Waals surface area contributed by atoms with Crippen LogP contribution in [0.15, 0.2) is 60.7 Å². The minimum atomic E-state index is 0.918. The fourth-order valence-electron chi connectivity index (χ4n) is 3.34. The van der Waals surface area contributed by atoms with Crippen LogP contribution < -0.4 is 4.74 Å². The summed E-state index contributed by atoms with van der Waals surface area (Å²) in [6.07, 6.45) is 21.6. The van der Waals surface area contributed by atoms with E-state index in [1.807, 2.05) is 12.1 Å². The molecule has 0 saturated carbocycles. The average Bonchev–Trinajstić information content (AvgIpc) is 2.75. The van der Waals surface area contributed by atoms with Gasteiger partial charge in [0.1, 0.15) is 11.5 Å². The van der Waals surface area contributed by atoms with E-state index in [1.165, 1.54) is 51.4 Å². The number of rotatable bonds is 14. The zero-order valence-electron chi connectivity index (χ0n) is 18.4. The lowest BCUT2D eigenvalue weighted by molar-refractivity contribution is 0.480. The minimum Gasteiger partial charge on any atom is -0.456 e. The van der Waals surface area contributed by atoms with E-state index in [2.05, 4.69) is 74.5 Å². The summed E-state index contributed by atoms with van der Waals surface area (Å²) in [5.74, 6) is 1.84. The Hall–Kier alpha value is -2.28. The lowest BCUT2D eigenvalue weighted by Crippen LogP contribution is -1.90. The predicted molar refractivity (Wildman–Crippen MR) is 129 cm³/mol. The highest BCUT2D eigenvalue weighted by Gasteiger charge is 2.05. The van der Waals surface area contributed by atoms with Gasteiger partial charge >= 0.3 is 0 Å². The molecule has 1 heteroatoms. The molecule has 0 fully saturated rings. The highest BCUT2D eigenvalue weighted by molar-refractivity contribution is 5.61. The second kappa shape index (κ2) is 14.7. The largest absolute Gasteiger partial charge is 0.456 e. The van der Waals surface area contributed by atoms with Crippen molar-refractivity contribution in [3.63, 3.8) is 0 Å². The number of hydrogen-bond donors (Lipinski definition) is 0. The topological polar surface area (TPSA) is 9.23 Å². The maximum Gasteiger partial charge on any atom is 0.134 e. The summed E-state index contributed by atoms with van der Waals surface area (Å²) < 4.78 is 6.33. The summed E-state index contributed by atoms with van der Waals surface area (Å²) in [6.45, 7) is 4.51. The molecule has 0 heterocycles. The third-order valence-corrected chi connectivity index (χ3v) is 5.10. The SMILES string of the molecule is CCCCCC/C=C/c1ccccc1Oc1ccccc1/C=C/CCCCCC. The molecule has 0 unspecified atom stereocenters. The molecule has 0 amide bonds. The number of hydrogen-bond acceptors (Lipinski definition) is 1. The van der Waals surface area contributed by atoms with Crippen LogP contribution in [0.2, 0.25) is 0 Å². The van der Waals surface area contributed by atoms with Crippen LogP contribution in [0.1, 0.15) is 89.2 Å². The van der Waals surface area contributed by atoms with E-state index in [0.29, 0.717) is 0 Å². The minimum absolute atomic E-state index is 0.918. The van der Waals surface area contributed by atoms with Crippen molar-refractivity contribution in [2.45, 2.75) is 78.1 Å². The van der Waals surface area contributed by atoms with Crippen molar-refractivity contribution in [3.8, 4) is 11.5 Å². The molecule has 1 nitrogen and oxygen atoms in total. The van der Waals surface area contributed by atoms with Crippen LogP contribution in [-0.2, 0) is 0 Å². The molecule has 0 aliphatic carbocycles. The van der Waals surface area contributed by atoms with Crippen molar-refractivity contribution in [3.05, 3.63) is 71.8 Å². The molecule has 0 radical (unpaired) electrons. The van der Waals surface area contributed by atoms with Crippen molar-refractivity contribution < 1.29 is 4.74 Å². The van der Waals surface area contributed by atoms with Crippen molar-refractivity contribution in [1.82, 2.24) is 0 Å². The molecule has 0 spiro atoms. The zero-order valence-corrected chi connectivity index (χ0v) is 18.4. The Morgan fingerprint density at radius 1 is 0.586 bits per heavy atom. The standard InChI is InChI=1S/C28H38O/c1-3-5-7-9-11-13-19-25-21-15-17-23-27(25)29-28-24-18-16-22-26(28)20-14-12-10-8-6-4-2/h13-24H,3-12H2,1-2H3/b19-13+,20-14+. The Morgan fingerprint density at radius 2 is 1.03 bits per heavy atom. The number of para-hydroxylation sites is 2. The molecule has 29 heavy (non-hydrogen) atoms. The van der Waals surface area contributed by atoms with Gasteiger partial charge in [-0.1, -0.05) is 113 Å². The van der Waals surface area contributed by atoms with Crippen LogP contribution in [0.25, 0.3) is 12.2 Å². The third kappa shape index (κ3) is 9.17. The summed E-state index contributed by atoms with van der Waals surface area (Å²) in [7, 11) is 0. The molecule has 0 atom stereocenters. The summed E-state index contributed by atoms with van der Waals surface area (Å²) in [4.78, 5) is 0. The van der Waals surface area contributed by atoms with E-state index in [-0.39, 0.29) is 0 Å². The van der Waals surface area contributed by atoms with Gasteiger partial charge in [0.05, 0.1) is 0 Å². The summed E-state index contributed by atoms with van der Waals surface area (Å²) in [5, 5.41) is 0. The highest BCUT2D eigenvalue weighted by atomic mass is 16.5. The van der Waals surface area contributed by atoms with E-state index in [1.54, 1.807) is 0 Å². The Morgan fingerprint density at radius 3 is 1.48 bits per heavy atom. The summed E-state index contributed by atoms with van der Waals surface area (Å²) >= 11 is 0. The lowest BCUT2D eigenvalue weighted by Gasteiger charge is -2.11. The molecule has 2 rings (SSSR count). The number of allylic oxidation sites excluding steroid dienone is 2. The molecular formula is C28H38O. The monoisotopic (exact) mass is 390 g/mol. The van der Waals surface area contributed by atoms with E-state index < -0.39 is 0 Å². The quantitative estimate of drug-likeness (QED) is 0.292. The van der Waals surface area contributed by atoms with Crippen LogP contribution in [0.3, 0.4) is 0 Å². The van der Waals surface area contributed by atoms with Gasteiger partial charge in [0.15, 0.2) is 0 Å². The fourth-order valence-corrected chi connectivity index (χ4v) is 3.34. The van der Waals surface area contributed by atoms with E-state index in [9.17, 15) is 0 Å². The smallest absolute Gasteiger partial charge is 0.134 e. The van der Waals surface area contributed by atoms with Crippen LogP contribution in [0, 0.1) is 0 Å². The van der Waals surface area contributed by atoms with E-state index in [4.69, 9.17) is 4.74 Å². The van der Waals surface area contributed by atoms with Gasteiger partial charge in [-0.15, -0.1) is 0 Å². The first-order valence-electron chi connectivity index (χ1n) is 11.5. The Bertz CT molecular complexity index is 678. The molecule has 0 saturated heterocycles. The second-order valence-corrected chi connectivity index (χ2v) is 7.68. The van der Waals surface area contributed by atoms with Crippen LogP contribution in [0.4, 0.5) is 0 Å². The molecule has 2 aromatic rings.